The first-order chi connectivity index (χ1) is 12.8. The van der Waals surface area contributed by atoms with Crippen LogP contribution in [0.15, 0.2) is 46.7 Å². The fourth-order valence-electron chi connectivity index (χ4n) is 2.83. The Kier molecular flexibility index (Phi) is 5.64. The third-order valence-electron chi connectivity index (χ3n) is 4.37. The first-order valence-corrected chi connectivity index (χ1v) is 10.7. The van der Waals surface area contributed by atoms with Gasteiger partial charge in [0.1, 0.15) is 4.21 Å². The molecule has 9 heteroatoms. The minimum atomic E-state index is -3.47. The molecule has 0 radical (unpaired) electrons. The molecule has 0 spiro atoms. The number of nitrogens with zero attached hydrogens (tertiary/aromatic N) is 2. The van der Waals surface area contributed by atoms with E-state index in [4.69, 9.17) is 0 Å². The van der Waals surface area contributed by atoms with E-state index in [1.54, 1.807) is 11.0 Å². The molecular weight excluding hydrogens is 386 g/mol. The summed E-state index contributed by atoms with van der Waals surface area (Å²) < 4.78 is 25.6. The van der Waals surface area contributed by atoms with Crippen LogP contribution >= 0.6 is 11.3 Å². The lowest BCUT2D eigenvalue weighted by Crippen LogP contribution is -2.32. The molecule has 1 aliphatic rings. The number of nitrogens with one attached hydrogen (secondary N) is 1. The normalized spacial score (nSPS) is 17.5. The van der Waals surface area contributed by atoms with Crippen LogP contribution in [-0.2, 0) is 26.2 Å². The molecular formula is C18H21N3O4S2. The predicted octanol–water partition coefficient (Wildman–Crippen LogP) is 1.67. The fourth-order valence-corrected chi connectivity index (χ4v) is 5.30. The fraction of sp³-hybridized carbons (Fsp3) is 0.333. The molecule has 144 valence electrons. The van der Waals surface area contributed by atoms with Crippen LogP contribution in [-0.4, -0.2) is 45.2 Å². The van der Waals surface area contributed by atoms with E-state index in [0.29, 0.717) is 6.54 Å². The molecule has 0 saturated carbocycles. The SMILES string of the molecule is CN(C)S(=O)(=O)c1ccc(CNC(=O)C2CC(=O)N(c3ccccc3)C2)s1. The summed E-state index contributed by atoms with van der Waals surface area (Å²) in [6.07, 6.45) is 0.172. The molecule has 7 nitrogen and oxygen atoms in total. The number of thiophene rings is 1. The molecule has 1 aromatic heterocycles. The first-order valence-electron chi connectivity index (χ1n) is 8.43. The van der Waals surface area contributed by atoms with Crippen LogP contribution in [0.3, 0.4) is 0 Å². The highest BCUT2D eigenvalue weighted by Gasteiger charge is 2.35. The molecule has 0 bridgehead atoms. The summed E-state index contributed by atoms with van der Waals surface area (Å²) in [5.74, 6) is -0.688. The lowest BCUT2D eigenvalue weighted by atomic mass is 10.1. The molecule has 0 aliphatic carbocycles. The standard InChI is InChI=1S/C18H21N3O4S2/c1-20(2)27(24,25)17-9-8-15(26-17)11-19-18(23)13-10-16(22)21(12-13)14-6-4-3-5-7-14/h3-9,13H,10-12H2,1-2H3,(H,19,23). The van der Waals surface area contributed by atoms with Crippen molar-refractivity contribution in [3.05, 3.63) is 47.3 Å². The van der Waals surface area contributed by atoms with Crippen molar-refractivity contribution in [3.8, 4) is 0 Å². The van der Waals surface area contributed by atoms with Crippen LogP contribution < -0.4 is 10.2 Å². The minimum absolute atomic E-state index is 0.0724. The second-order valence-corrected chi connectivity index (χ2v) is 10.0. The van der Waals surface area contributed by atoms with Crippen molar-refractivity contribution in [2.45, 2.75) is 17.2 Å². The highest BCUT2D eigenvalue weighted by Crippen LogP contribution is 2.26. The Labute approximate surface area is 162 Å². The van der Waals surface area contributed by atoms with Crippen molar-refractivity contribution in [2.24, 2.45) is 5.92 Å². The highest BCUT2D eigenvalue weighted by molar-refractivity contribution is 7.91. The molecule has 1 aliphatic heterocycles. The zero-order valence-electron chi connectivity index (χ0n) is 15.1. The van der Waals surface area contributed by atoms with E-state index in [1.165, 1.54) is 20.2 Å². The zero-order valence-corrected chi connectivity index (χ0v) is 16.7. The monoisotopic (exact) mass is 407 g/mol. The van der Waals surface area contributed by atoms with Gasteiger partial charge < -0.3 is 10.2 Å². The van der Waals surface area contributed by atoms with E-state index < -0.39 is 15.9 Å². The van der Waals surface area contributed by atoms with Gasteiger partial charge in [-0.25, -0.2) is 12.7 Å². The molecule has 3 rings (SSSR count). The number of anilines is 1. The number of carbonyl (C=O) groups is 2. The van der Waals surface area contributed by atoms with Gasteiger partial charge in [0, 0.05) is 37.6 Å². The van der Waals surface area contributed by atoms with E-state index in [2.05, 4.69) is 5.32 Å². The summed E-state index contributed by atoms with van der Waals surface area (Å²) in [6, 6.07) is 12.5. The van der Waals surface area contributed by atoms with E-state index >= 15 is 0 Å². The van der Waals surface area contributed by atoms with Gasteiger partial charge >= 0.3 is 0 Å². The molecule has 2 heterocycles. The Hall–Kier alpha value is -2.23. The maximum absolute atomic E-state index is 12.4. The molecule has 1 aromatic carbocycles. The van der Waals surface area contributed by atoms with Crippen molar-refractivity contribution in [1.82, 2.24) is 9.62 Å². The van der Waals surface area contributed by atoms with Crippen molar-refractivity contribution in [1.29, 1.82) is 0 Å². The maximum Gasteiger partial charge on any atom is 0.252 e. The van der Waals surface area contributed by atoms with Gasteiger partial charge in [0.25, 0.3) is 10.0 Å². The van der Waals surface area contributed by atoms with Gasteiger partial charge in [-0.05, 0) is 24.3 Å². The summed E-state index contributed by atoms with van der Waals surface area (Å²) >= 11 is 1.13. The molecule has 1 atom stereocenters. The van der Waals surface area contributed by atoms with Gasteiger partial charge in [-0.1, -0.05) is 18.2 Å². The van der Waals surface area contributed by atoms with E-state index in [9.17, 15) is 18.0 Å². The topological polar surface area (TPSA) is 86.8 Å². The maximum atomic E-state index is 12.4. The van der Waals surface area contributed by atoms with Crippen molar-refractivity contribution in [2.75, 3.05) is 25.5 Å². The average Bonchev–Trinajstić information content (AvgIpc) is 3.27. The largest absolute Gasteiger partial charge is 0.351 e. The quantitative estimate of drug-likeness (QED) is 0.789. The Morgan fingerprint density at radius 2 is 1.93 bits per heavy atom. The molecule has 1 fully saturated rings. The number of para-hydroxylation sites is 1. The number of amides is 2. The summed E-state index contributed by atoms with van der Waals surface area (Å²) in [5, 5.41) is 2.81. The Bertz CT molecular complexity index is 939. The van der Waals surface area contributed by atoms with Crippen LogP contribution in [0.5, 0.6) is 0 Å². The summed E-state index contributed by atoms with van der Waals surface area (Å²) in [4.78, 5) is 27.0. The molecule has 1 unspecified atom stereocenters. The van der Waals surface area contributed by atoms with Gasteiger partial charge in [-0.15, -0.1) is 11.3 Å². The van der Waals surface area contributed by atoms with E-state index in [-0.39, 0.29) is 29.0 Å². The Balaban J connectivity index is 1.59. The second kappa shape index (κ2) is 7.79. The number of benzene rings is 1. The lowest BCUT2D eigenvalue weighted by Gasteiger charge is -2.16. The van der Waals surface area contributed by atoms with Crippen LogP contribution in [0, 0.1) is 5.92 Å². The second-order valence-electron chi connectivity index (χ2n) is 6.47. The average molecular weight is 408 g/mol. The third-order valence-corrected chi connectivity index (χ3v) is 7.74. The predicted molar refractivity (Wildman–Crippen MR) is 104 cm³/mol. The van der Waals surface area contributed by atoms with Gasteiger partial charge in [0.05, 0.1) is 12.5 Å². The third kappa shape index (κ3) is 4.20. The van der Waals surface area contributed by atoms with Gasteiger partial charge in [0.15, 0.2) is 0 Å². The van der Waals surface area contributed by atoms with Crippen molar-refractivity contribution >= 4 is 38.9 Å². The van der Waals surface area contributed by atoms with Gasteiger partial charge in [-0.3, -0.25) is 9.59 Å². The highest BCUT2D eigenvalue weighted by atomic mass is 32.2. The molecule has 1 N–H and O–H groups in total. The zero-order chi connectivity index (χ0) is 19.6. The number of sulfonamides is 1. The van der Waals surface area contributed by atoms with Gasteiger partial charge in [-0.2, -0.15) is 0 Å². The first kappa shape index (κ1) is 19.5. The van der Waals surface area contributed by atoms with E-state index in [0.717, 1.165) is 26.2 Å². The molecule has 27 heavy (non-hydrogen) atoms. The molecule has 2 amide bonds. The number of hydrogen-bond acceptors (Lipinski definition) is 5. The van der Waals surface area contributed by atoms with Crippen LogP contribution in [0.1, 0.15) is 11.3 Å². The van der Waals surface area contributed by atoms with Crippen LogP contribution in [0.2, 0.25) is 0 Å². The number of rotatable bonds is 6. The van der Waals surface area contributed by atoms with Crippen LogP contribution in [0.25, 0.3) is 0 Å². The molecule has 2 aromatic rings. The Morgan fingerprint density at radius 1 is 1.22 bits per heavy atom. The number of carbonyl (C=O) groups excluding carboxylic acids is 2. The smallest absolute Gasteiger partial charge is 0.252 e. The lowest BCUT2D eigenvalue weighted by molar-refractivity contribution is -0.126. The summed E-state index contributed by atoms with van der Waals surface area (Å²) in [7, 11) is -0.511. The van der Waals surface area contributed by atoms with E-state index in [1.807, 2.05) is 30.3 Å². The summed E-state index contributed by atoms with van der Waals surface area (Å²) in [5.41, 5.74) is 0.787. The van der Waals surface area contributed by atoms with Gasteiger partial charge in [0.2, 0.25) is 11.8 Å². The number of hydrogen-bond donors (Lipinski definition) is 1. The van der Waals surface area contributed by atoms with Crippen molar-refractivity contribution < 1.29 is 18.0 Å². The Morgan fingerprint density at radius 3 is 2.59 bits per heavy atom. The minimum Gasteiger partial charge on any atom is -0.351 e. The summed E-state index contributed by atoms with van der Waals surface area (Å²) in [6.45, 7) is 0.585. The molecule has 1 saturated heterocycles. The van der Waals surface area contributed by atoms with Crippen LogP contribution in [0.4, 0.5) is 5.69 Å². The van der Waals surface area contributed by atoms with Crippen molar-refractivity contribution in [3.63, 3.8) is 0 Å².